The van der Waals surface area contributed by atoms with Crippen molar-refractivity contribution >= 4 is 11.6 Å². The van der Waals surface area contributed by atoms with Gasteiger partial charge in [0.1, 0.15) is 12.0 Å². The average molecular weight is 244 g/mol. The van der Waals surface area contributed by atoms with Gasteiger partial charge >= 0.3 is 0 Å². The molecule has 0 atom stereocenters. The van der Waals surface area contributed by atoms with Crippen molar-refractivity contribution < 1.29 is 9.21 Å². The molecule has 0 aliphatic carbocycles. The van der Waals surface area contributed by atoms with Gasteiger partial charge in [-0.25, -0.2) is 0 Å². The lowest BCUT2D eigenvalue weighted by atomic mass is 10.1. The van der Waals surface area contributed by atoms with E-state index in [-0.39, 0.29) is 5.91 Å². The Morgan fingerprint density at radius 3 is 2.78 bits per heavy atom. The van der Waals surface area contributed by atoms with Crippen molar-refractivity contribution in [2.45, 2.75) is 13.5 Å². The second kappa shape index (κ2) is 5.51. The lowest BCUT2D eigenvalue weighted by Crippen LogP contribution is -2.14. The second-order valence-corrected chi connectivity index (χ2v) is 4.09. The molecular formula is C14H16N2O2. The summed E-state index contributed by atoms with van der Waals surface area (Å²) in [5.41, 5.74) is 2.40. The third-order valence-electron chi connectivity index (χ3n) is 2.63. The van der Waals surface area contributed by atoms with Crippen LogP contribution in [-0.4, -0.2) is 13.0 Å². The molecule has 0 aliphatic heterocycles. The molecule has 0 aliphatic rings. The molecule has 0 radical (unpaired) electrons. The summed E-state index contributed by atoms with van der Waals surface area (Å²) >= 11 is 0. The Balaban J connectivity index is 2.16. The minimum absolute atomic E-state index is 0.157. The van der Waals surface area contributed by atoms with Crippen LogP contribution in [0.1, 0.15) is 21.7 Å². The van der Waals surface area contributed by atoms with E-state index in [0.29, 0.717) is 12.1 Å². The molecule has 2 aromatic rings. The van der Waals surface area contributed by atoms with E-state index in [4.69, 9.17) is 4.42 Å². The fourth-order valence-electron chi connectivity index (χ4n) is 1.74. The topological polar surface area (TPSA) is 54.3 Å². The van der Waals surface area contributed by atoms with Crippen molar-refractivity contribution in [2.75, 3.05) is 12.4 Å². The summed E-state index contributed by atoms with van der Waals surface area (Å²) < 4.78 is 5.13. The number of aryl methyl sites for hydroxylation is 1. The van der Waals surface area contributed by atoms with E-state index >= 15 is 0 Å². The van der Waals surface area contributed by atoms with Crippen molar-refractivity contribution in [1.82, 2.24) is 5.32 Å². The summed E-state index contributed by atoms with van der Waals surface area (Å²) in [6.45, 7) is 2.52. The number of benzene rings is 1. The molecule has 4 heteroatoms. The highest BCUT2D eigenvalue weighted by molar-refractivity contribution is 6.04. The predicted molar refractivity (Wildman–Crippen MR) is 70.6 cm³/mol. The van der Waals surface area contributed by atoms with Crippen molar-refractivity contribution in [1.29, 1.82) is 0 Å². The zero-order chi connectivity index (χ0) is 13.0. The van der Waals surface area contributed by atoms with Gasteiger partial charge in [-0.1, -0.05) is 18.2 Å². The predicted octanol–water partition coefficient (Wildman–Crippen LogP) is 2.56. The van der Waals surface area contributed by atoms with Crippen LogP contribution >= 0.6 is 0 Å². The number of hydrogen-bond acceptors (Lipinski definition) is 3. The number of carbonyl (C=O) groups excluding carboxylic acids is 1. The first-order valence-electron chi connectivity index (χ1n) is 5.79. The summed E-state index contributed by atoms with van der Waals surface area (Å²) in [7, 11) is 1.87. The Labute approximate surface area is 106 Å². The Morgan fingerprint density at radius 2 is 2.11 bits per heavy atom. The molecule has 0 fully saturated rings. The van der Waals surface area contributed by atoms with Gasteiger partial charge in [0.05, 0.1) is 5.56 Å². The zero-order valence-electron chi connectivity index (χ0n) is 10.5. The van der Waals surface area contributed by atoms with Gasteiger partial charge in [-0.3, -0.25) is 4.79 Å². The average Bonchev–Trinajstić information content (AvgIpc) is 2.79. The molecule has 4 nitrogen and oxygen atoms in total. The molecule has 18 heavy (non-hydrogen) atoms. The summed E-state index contributed by atoms with van der Waals surface area (Å²) in [4.78, 5) is 12.0. The van der Waals surface area contributed by atoms with Crippen LogP contribution in [0.2, 0.25) is 0 Å². The smallest absolute Gasteiger partial charge is 0.258 e. The molecule has 1 heterocycles. The van der Waals surface area contributed by atoms with Gasteiger partial charge in [0.15, 0.2) is 0 Å². The molecule has 0 spiro atoms. The standard InChI is InChI=1S/C14H16N2O2/c1-10-7-12(9-18-10)14(17)16-13-6-4-3-5-11(13)8-15-2/h3-7,9,15H,8H2,1-2H3,(H,16,17). The van der Waals surface area contributed by atoms with Gasteiger partial charge in [0.2, 0.25) is 0 Å². The van der Waals surface area contributed by atoms with Crippen LogP contribution < -0.4 is 10.6 Å². The van der Waals surface area contributed by atoms with Crippen LogP contribution in [0.25, 0.3) is 0 Å². The largest absolute Gasteiger partial charge is 0.469 e. The number of hydrogen-bond donors (Lipinski definition) is 2. The highest BCUT2D eigenvalue weighted by Crippen LogP contribution is 2.16. The Bertz CT molecular complexity index is 546. The van der Waals surface area contributed by atoms with Crippen molar-refractivity contribution in [3.05, 3.63) is 53.5 Å². The van der Waals surface area contributed by atoms with E-state index in [1.807, 2.05) is 38.2 Å². The molecule has 0 bridgehead atoms. The molecule has 2 N–H and O–H groups in total. The van der Waals surface area contributed by atoms with Crippen LogP contribution in [0.4, 0.5) is 5.69 Å². The van der Waals surface area contributed by atoms with Crippen LogP contribution in [0, 0.1) is 6.92 Å². The molecule has 0 saturated heterocycles. The van der Waals surface area contributed by atoms with Gasteiger partial charge in [0.25, 0.3) is 5.91 Å². The Hall–Kier alpha value is -2.07. The van der Waals surface area contributed by atoms with Gasteiger partial charge in [-0.05, 0) is 31.7 Å². The van der Waals surface area contributed by atoms with Crippen LogP contribution in [0.3, 0.4) is 0 Å². The first-order valence-corrected chi connectivity index (χ1v) is 5.79. The molecule has 1 aromatic heterocycles. The van der Waals surface area contributed by atoms with E-state index in [1.165, 1.54) is 6.26 Å². The van der Waals surface area contributed by atoms with Gasteiger partial charge in [-0.15, -0.1) is 0 Å². The molecule has 1 aromatic carbocycles. The van der Waals surface area contributed by atoms with Crippen molar-refractivity contribution in [3.63, 3.8) is 0 Å². The normalized spacial score (nSPS) is 10.3. The molecule has 1 amide bonds. The number of furan rings is 1. The van der Waals surface area contributed by atoms with E-state index in [1.54, 1.807) is 6.07 Å². The Kier molecular flexibility index (Phi) is 3.79. The van der Waals surface area contributed by atoms with Gasteiger partial charge < -0.3 is 15.1 Å². The van der Waals surface area contributed by atoms with Gasteiger partial charge in [-0.2, -0.15) is 0 Å². The fraction of sp³-hybridized carbons (Fsp3) is 0.214. The number of nitrogens with one attached hydrogen (secondary N) is 2. The highest BCUT2D eigenvalue weighted by Gasteiger charge is 2.10. The van der Waals surface area contributed by atoms with Gasteiger partial charge in [0, 0.05) is 12.2 Å². The maximum absolute atomic E-state index is 12.0. The van der Waals surface area contributed by atoms with Crippen LogP contribution in [-0.2, 0) is 6.54 Å². The fourth-order valence-corrected chi connectivity index (χ4v) is 1.74. The monoisotopic (exact) mass is 244 g/mol. The van der Waals surface area contributed by atoms with Crippen molar-refractivity contribution in [3.8, 4) is 0 Å². The molecular weight excluding hydrogens is 228 g/mol. The van der Waals surface area contributed by atoms with Crippen molar-refractivity contribution in [2.24, 2.45) is 0 Å². The number of para-hydroxylation sites is 1. The number of amides is 1. The summed E-state index contributed by atoms with van der Waals surface area (Å²) in [6, 6.07) is 9.43. The number of carbonyl (C=O) groups is 1. The van der Waals surface area contributed by atoms with E-state index in [2.05, 4.69) is 10.6 Å². The minimum Gasteiger partial charge on any atom is -0.469 e. The summed E-state index contributed by atoms with van der Waals surface area (Å²) in [5, 5.41) is 5.96. The lowest BCUT2D eigenvalue weighted by Gasteiger charge is -2.09. The summed E-state index contributed by atoms with van der Waals surface area (Å²) in [6.07, 6.45) is 1.46. The Morgan fingerprint density at radius 1 is 1.33 bits per heavy atom. The maximum Gasteiger partial charge on any atom is 0.258 e. The molecule has 2 rings (SSSR count). The minimum atomic E-state index is -0.157. The quantitative estimate of drug-likeness (QED) is 0.869. The zero-order valence-corrected chi connectivity index (χ0v) is 10.5. The highest BCUT2D eigenvalue weighted by atomic mass is 16.3. The number of rotatable bonds is 4. The summed E-state index contributed by atoms with van der Waals surface area (Å²) in [5.74, 6) is 0.569. The van der Waals surface area contributed by atoms with Crippen LogP contribution in [0.15, 0.2) is 41.0 Å². The third kappa shape index (κ3) is 2.78. The molecule has 0 unspecified atom stereocenters. The first-order chi connectivity index (χ1) is 8.70. The van der Waals surface area contributed by atoms with E-state index in [0.717, 1.165) is 17.0 Å². The lowest BCUT2D eigenvalue weighted by molar-refractivity contribution is 0.102. The second-order valence-electron chi connectivity index (χ2n) is 4.09. The maximum atomic E-state index is 12.0. The van der Waals surface area contributed by atoms with E-state index in [9.17, 15) is 4.79 Å². The van der Waals surface area contributed by atoms with Crippen LogP contribution in [0.5, 0.6) is 0 Å². The molecule has 94 valence electrons. The van der Waals surface area contributed by atoms with E-state index < -0.39 is 0 Å². The molecule has 0 saturated carbocycles. The third-order valence-corrected chi connectivity index (χ3v) is 2.63. The SMILES string of the molecule is CNCc1ccccc1NC(=O)c1coc(C)c1. The number of anilines is 1. The first kappa shape index (κ1) is 12.4.